The van der Waals surface area contributed by atoms with Crippen LogP contribution in [0.2, 0.25) is 0 Å². The predicted octanol–water partition coefficient (Wildman–Crippen LogP) is 4.21. The van der Waals surface area contributed by atoms with Crippen molar-refractivity contribution in [3.8, 4) is 11.1 Å². The summed E-state index contributed by atoms with van der Waals surface area (Å²) in [5.41, 5.74) is 5.91. The van der Waals surface area contributed by atoms with Gasteiger partial charge >= 0.3 is 0 Å². The summed E-state index contributed by atoms with van der Waals surface area (Å²) in [5.74, 6) is -0.104. The number of hydrogen-bond donors (Lipinski definition) is 0. The average Bonchev–Trinajstić information content (AvgIpc) is 3.17. The lowest BCUT2D eigenvalue weighted by atomic mass is 9.95. The van der Waals surface area contributed by atoms with E-state index < -0.39 is 0 Å². The lowest BCUT2D eigenvalue weighted by Crippen LogP contribution is -2.48. The number of hydrazine groups is 1. The van der Waals surface area contributed by atoms with E-state index in [4.69, 9.17) is 0 Å². The van der Waals surface area contributed by atoms with E-state index in [-0.39, 0.29) is 5.91 Å². The van der Waals surface area contributed by atoms with Gasteiger partial charge in [-0.25, -0.2) is 9.52 Å². The van der Waals surface area contributed by atoms with Gasteiger partial charge in [-0.1, -0.05) is 12.1 Å². The summed E-state index contributed by atoms with van der Waals surface area (Å²) < 4.78 is 2.64. The minimum absolute atomic E-state index is 0.104. The maximum absolute atomic E-state index is 13.2. The second kappa shape index (κ2) is 7.00. The van der Waals surface area contributed by atoms with E-state index in [1.54, 1.807) is 21.9 Å². The Morgan fingerprint density at radius 2 is 1.93 bits per heavy atom. The molecule has 7 heteroatoms. The zero-order valence-corrected chi connectivity index (χ0v) is 17.4. The van der Waals surface area contributed by atoms with Crippen molar-refractivity contribution >= 4 is 33.0 Å². The molecule has 3 aromatic heterocycles. The molecule has 0 aliphatic carbocycles. The van der Waals surface area contributed by atoms with Crippen LogP contribution in [0.3, 0.4) is 0 Å². The van der Waals surface area contributed by atoms with Crippen molar-refractivity contribution in [3.05, 3.63) is 82.9 Å². The van der Waals surface area contributed by atoms with Crippen molar-refractivity contribution < 1.29 is 4.79 Å². The van der Waals surface area contributed by atoms with Gasteiger partial charge in [0, 0.05) is 36.7 Å². The molecule has 1 amide bonds. The van der Waals surface area contributed by atoms with Gasteiger partial charge in [0.25, 0.3) is 5.91 Å². The lowest BCUT2D eigenvalue weighted by molar-refractivity contribution is 0.0732. The number of amides is 1. The Morgan fingerprint density at radius 3 is 2.76 bits per heavy atom. The Labute approximate surface area is 176 Å². The summed E-state index contributed by atoms with van der Waals surface area (Å²) in [4.78, 5) is 17.3. The Morgan fingerprint density at radius 1 is 1.10 bits per heavy atom. The molecule has 0 saturated carbocycles. The molecule has 0 saturated heterocycles. The summed E-state index contributed by atoms with van der Waals surface area (Å²) in [6, 6.07) is 15.9. The molecule has 0 N–H and O–H groups in total. The highest BCUT2D eigenvalue weighted by molar-refractivity contribution is 9.10. The van der Waals surface area contributed by atoms with Gasteiger partial charge in [0.05, 0.1) is 11.2 Å². The van der Waals surface area contributed by atoms with Crippen LogP contribution in [0.15, 0.2) is 71.6 Å². The zero-order chi connectivity index (χ0) is 20.0. The highest BCUT2D eigenvalue weighted by Gasteiger charge is 2.29. The molecule has 1 aliphatic heterocycles. The third-order valence-corrected chi connectivity index (χ3v) is 5.77. The average molecular weight is 448 g/mol. The molecule has 4 aromatic rings. The van der Waals surface area contributed by atoms with E-state index in [1.165, 1.54) is 11.1 Å². The van der Waals surface area contributed by atoms with Crippen molar-refractivity contribution in [2.45, 2.75) is 6.42 Å². The van der Waals surface area contributed by atoms with Crippen LogP contribution in [0.4, 0.5) is 5.69 Å². The number of nitrogens with zero attached hydrogens (tertiary/aromatic N) is 5. The summed E-state index contributed by atoms with van der Waals surface area (Å²) >= 11 is 3.44. The summed E-state index contributed by atoms with van der Waals surface area (Å²) in [6.45, 7) is 0.599. The molecule has 0 atom stereocenters. The minimum Gasteiger partial charge on any atom is -0.285 e. The summed E-state index contributed by atoms with van der Waals surface area (Å²) in [7, 11) is 1.93. The first-order valence-corrected chi connectivity index (χ1v) is 10.1. The van der Waals surface area contributed by atoms with Crippen LogP contribution < -0.4 is 5.01 Å². The number of hydrogen-bond acceptors (Lipinski definition) is 4. The summed E-state index contributed by atoms with van der Waals surface area (Å²) in [5, 5.41) is 8.16. The predicted molar refractivity (Wildman–Crippen MR) is 116 cm³/mol. The summed E-state index contributed by atoms with van der Waals surface area (Å²) in [6.07, 6.45) is 6.24. The molecule has 0 spiro atoms. The molecule has 144 valence electrons. The quantitative estimate of drug-likeness (QED) is 0.461. The molecule has 5 rings (SSSR count). The molecule has 4 heterocycles. The van der Waals surface area contributed by atoms with Gasteiger partial charge in [0.2, 0.25) is 0 Å². The van der Waals surface area contributed by atoms with Crippen LogP contribution in [-0.4, -0.2) is 39.1 Å². The Balaban J connectivity index is 1.49. The van der Waals surface area contributed by atoms with Gasteiger partial charge in [-0.3, -0.25) is 14.8 Å². The molecule has 1 aliphatic rings. The number of fused-ring (bicyclic) bond motifs is 2. The molecular weight excluding hydrogens is 430 g/mol. The maximum atomic E-state index is 13.2. The largest absolute Gasteiger partial charge is 0.292 e. The molecule has 1 aromatic carbocycles. The van der Waals surface area contributed by atoms with Crippen molar-refractivity contribution in [1.82, 2.24) is 19.6 Å². The third-order valence-electron chi connectivity index (χ3n) is 5.30. The zero-order valence-electron chi connectivity index (χ0n) is 15.8. The van der Waals surface area contributed by atoms with E-state index in [1.807, 2.05) is 54.7 Å². The Kier molecular flexibility index (Phi) is 4.32. The van der Waals surface area contributed by atoms with E-state index in [0.29, 0.717) is 12.2 Å². The van der Waals surface area contributed by atoms with Gasteiger partial charge in [-0.15, -0.1) is 0 Å². The van der Waals surface area contributed by atoms with Crippen LogP contribution in [-0.2, 0) is 6.42 Å². The molecule has 29 heavy (non-hydrogen) atoms. The number of anilines is 1. The Bertz CT molecular complexity index is 1220. The monoisotopic (exact) mass is 447 g/mol. The van der Waals surface area contributed by atoms with E-state index in [2.05, 4.69) is 38.1 Å². The van der Waals surface area contributed by atoms with Crippen molar-refractivity contribution in [2.24, 2.45) is 0 Å². The van der Waals surface area contributed by atoms with Gasteiger partial charge in [-0.05, 0) is 75.4 Å². The smallest absolute Gasteiger partial charge is 0.285 e. The number of carbonyl (C=O) groups is 1. The normalized spacial score (nSPS) is 13.6. The maximum Gasteiger partial charge on any atom is 0.292 e. The first-order chi connectivity index (χ1) is 14.1. The van der Waals surface area contributed by atoms with Crippen LogP contribution in [0, 0.1) is 0 Å². The molecule has 0 unspecified atom stereocenters. The number of aromatic nitrogens is 3. The van der Waals surface area contributed by atoms with Crippen LogP contribution in [0.1, 0.15) is 16.1 Å². The first kappa shape index (κ1) is 17.9. The van der Waals surface area contributed by atoms with Crippen LogP contribution in [0.5, 0.6) is 0 Å². The van der Waals surface area contributed by atoms with Crippen molar-refractivity contribution in [3.63, 3.8) is 0 Å². The van der Waals surface area contributed by atoms with Crippen molar-refractivity contribution in [1.29, 1.82) is 0 Å². The Hall–Kier alpha value is -3.19. The SMILES string of the molecule is CN1c2cccc(-c3ccncc3)c2CCN1C(=O)c1cc2ccc(Br)cn2n1. The van der Waals surface area contributed by atoms with E-state index in [0.717, 1.165) is 27.7 Å². The third kappa shape index (κ3) is 3.07. The number of benzene rings is 1. The first-order valence-electron chi connectivity index (χ1n) is 9.34. The molecule has 6 nitrogen and oxygen atoms in total. The number of pyridine rings is 2. The van der Waals surface area contributed by atoms with E-state index in [9.17, 15) is 4.79 Å². The van der Waals surface area contributed by atoms with Crippen molar-refractivity contribution in [2.75, 3.05) is 18.6 Å². The van der Waals surface area contributed by atoms with Gasteiger partial charge in [0.1, 0.15) is 0 Å². The van der Waals surface area contributed by atoms with Gasteiger partial charge < -0.3 is 0 Å². The highest BCUT2D eigenvalue weighted by Crippen LogP contribution is 2.35. The molecule has 0 fully saturated rings. The molecule has 0 bridgehead atoms. The topological polar surface area (TPSA) is 53.7 Å². The fourth-order valence-electron chi connectivity index (χ4n) is 3.88. The lowest BCUT2D eigenvalue weighted by Gasteiger charge is -2.39. The van der Waals surface area contributed by atoms with Gasteiger partial charge in [-0.2, -0.15) is 5.10 Å². The number of carbonyl (C=O) groups excluding carboxylic acids is 1. The van der Waals surface area contributed by atoms with Crippen LogP contribution in [0.25, 0.3) is 16.6 Å². The number of halogens is 1. The molecule has 0 radical (unpaired) electrons. The standard InChI is InChI=1S/C22H18BrN5O/c1-26-21-4-2-3-18(15-7-10-24-11-8-15)19(21)9-12-28(26)22(29)20-13-17-6-5-16(23)14-27(17)25-20/h2-8,10-11,13-14H,9,12H2,1H3. The highest BCUT2D eigenvalue weighted by atomic mass is 79.9. The second-order valence-electron chi connectivity index (χ2n) is 6.99. The van der Waals surface area contributed by atoms with Gasteiger partial charge in [0.15, 0.2) is 5.69 Å². The number of rotatable bonds is 2. The van der Waals surface area contributed by atoms with E-state index >= 15 is 0 Å². The fourth-order valence-corrected chi connectivity index (χ4v) is 4.20. The second-order valence-corrected chi connectivity index (χ2v) is 7.90. The van der Waals surface area contributed by atoms with Crippen LogP contribution >= 0.6 is 15.9 Å². The molecular formula is C22H18BrN5O. The minimum atomic E-state index is -0.104. The fraction of sp³-hybridized carbons (Fsp3) is 0.136.